The average molecular weight is 209 g/mol. The van der Waals surface area contributed by atoms with E-state index in [-0.39, 0.29) is 6.04 Å². The molecule has 1 heterocycles. The van der Waals surface area contributed by atoms with Crippen molar-refractivity contribution in [3.05, 3.63) is 23.3 Å². The molecule has 76 valence electrons. The highest BCUT2D eigenvalue weighted by molar-refractivity contribution is 7.98. The predicted octanol–water partition coefficient (Wildman–Crippen LogP) is 2.50. The second-order valence-corrected chi connectivity index (χ2v) is 4.40. The molecule has 1 atom stereocenters. The number of rotatable bonds is 1. The molecule has 0 aliphatic carbocycles. The van der Waals surface area contributed by atoms with Crippen molar-refractivity contribution in [3.8, 4) is 5.75 Å². The first kappa shape index (κ1) is 9.87. The van der Waals surface area contributed by atoms with Crippen molar-refractivity contribution in [2.45, 2.75) is 24.3 Å². The smallest absolute Gasteiger partial charge is 0.124 e. The Hall–Kier alpha value is -0.670. The summed E-state index contributed by atoms with van der Waals surface area (Å²) in [5.41, 5.74) is 8.56. The highest BCUT2D eigenvalue weighted by atomic mass is 32.2. The minimum atomic E-state index is 0.144. The Balaban J connectivity index is 2.54. The van der Waals surface area contributed by atoms with Crippen LogP contribution in [0.2, 0.25) is 0 Å². The molecule has 1 aromatic carbocycles. The minimum absolute atomic E-state index is 0.144. The van der Waals surface area contributed by atoms with Gasteiger partial charge in [0, 0.05) is 22.9 Å². The molecule has 0 amide bonds. The normalized spacial score (nSPS) is 20.1. The summed E-state index contributed by atoms with van der Waals surface area (Å²) in [6.07, 6.45) is 3.01. The lowest BCUT2D eigenvalue weighted by molar-refractivity contribution is 0.268. The third-order valence-corrected chi connectivity index (χ3v) is 3.58. The monoisotopic (exact) mass is 209 g/mol. The number of thioether (sulfide) groups is 1. The molecule has 0 radical (unpaired) electrons. The quantitative estimate of drug-likeness (QED) is 0.722. The van der Waals surface area contributed by atoms with Crippen molar-refractivity contribution in [2.24, 2.45) is 5.73 Å². The zero-order chi connectivity index (χ0) is 10.1. The zero-order valence-electron chi connectivity index (χ0n) is 8.54. The third kappa shape index (κ3) is 1.51. The second-order valence-electron chi connectivity index (χ2n) is 3.55. The SMILES string of the molecule is CSc1ccc2c(c1C)C(N)CCO2. The standard InChI is InChI=1S/C11H15NOS/c1-7-10(14-2)4-3-9-11(7)8(12)5-6-13-9/h3-4,8H,5-6,12H2,1-2H3. The lowest BCUT2D eigenvalue weighted by Gasteiger charge is -2.25. The van der Waals surface area contributed by atoms with E-state index in [1.807, 2.05) is 6.07 Å². The first-order valence-electron chi connectivity index (χ1n) is 4.80. The molecular formula is C11H15NOS. The average Bonchev–Trinajstić information content (AvgIpc) is 2.18. The molecule has 0 saturated heterocycles. The summed E-state index contributed by atoms with van der Waals surface area (Å²) in [5, 5.41) is 0. The van der Waals surface area contributed by atoms with E-state index in [2.05, 4.69) is 19.2 Å². The van der Waals surface area contributed by atoms with Crippen LogP contribution in [0.4, 0.5) is 0 Å². The van der Waals surface area contributed by atoms with E-state index in [0.29, 0.717) is 0 Å². The van der Waals surface area contributed by atoms with Crippen LogP contribution in [-0.4, -0.2) is 12.9 Å². The topological polar surface area (TPSA) is 35.2 Å². The van der Waals surface area contributed by atoms with Gasteiger partial charge in [0.25, 0.3) is 0 Å². The van der Waals surface area contributed by atoms with Gasteiger partial charge in [0.05, 0.1) is 6.61 Å². The summed E-state index contributed by atoms with van der Waals surface area (Å²) in [7, 11) is 0. The van der Waals surface area contributed by atoms with Crippen LogP contribution in [0, 0.1) is 6.92 Å². The molecule has 14 heavy (non-hydrogen) atoms. The maximum Gasteiger partial charge on any atom is 0.124 e. The molecule has 3 heteroatoms. The van der Waals surface area contributed by atoms with Gasteiger partial charge in [0.1, 0.15) is 5.75 Å². The molecule has 1 aliphatic heterocycles. The Morgan fingerprint density at radius 2 is 2.29 bits per heavy atom. The zero-order valence-corrected chi connectivity index (χ0v) is 9.36. The fraction of sp³-hybridized carbons (Fsp3) is 0.455. The molecule has 2 rings (SSSR count). The summed E-state index contributed by atoms with van der Waals surface area (Å²) >= 11 is 1.76. The number of ether oxygens (including phenoxy) is 1. The first-order valence-corrected chi connectivity index (χ1v) is 6.02. The Morgan fingerprint density at radius 1 is 1.50 bits per heavy atom. The fourth-order valence-electron chi connectivity index (χ4n) is 1.93. The van der Waals surface area contributed by atoms with Gasteiger partial charge in [-0.2, -0.15) is 0 Å². The van der Waals surface area contributed by atoms with E-state index in [1.165, 1.54) is 16.0 Å². The van der Waals surface area contributed by atoms with Gasteiger partial charge in [-0.3, -0.25) is 0 Å². The summed E-state index contributed by atoms with van der Waals surface area (Å²) in [6, 6.07) is 4.29. The molecule has 1 unspecified atom stereocenters. The van der Waals surface area contributed by atoms with E-state index < -0.39 is 0 Å². The Labute approximate surface area is 88.8 Å². The number of hydrogen-bond acceptors (Lipinski definition) is 3. The van der Waals surface area contributed by atoms with E-state index in [9.17, 15) is 0 Å². The Morgan fingerprint density at radius 3 is 3.00 bits per heavy atom. The van der Waals surface area contributed by atoms with Crippen molar-refractivity contribution in [1.29, 1.82) is 0 Å². The number of fused-ring (bicyclic) bond motifs is 1. The molecule has 0 fully saturated rings. The lowest BCUT2D eigenvalue weighted by Crippen LogP contribution is -2.21. The maximum atomic E-state index is 6.08. The van der Waals surface area contributed by atoms with Gasteiger partial charge in [-0.25, -0.2) is 0 Å². The van der Waals surface area contributed by atoms with E-state index in [0.717, 1.165) is 18.8 Å². The van der Waals surface area contributed by atoms with Crippen molar-refractivity contribution < 1.29 is 4.74 Å². The van der Waals surface area contributed by atoms with Crippen LogP contribution in [0.1, 0.15) is 23.6 Å². The van der Waals surface area contributed by atoms with E-state index >= 15 is 0 Å². The van der Waals surface area contributed by atoms with Gasteiger partial charge >= 0.3 is 0 Å². The van der Waals surface area contributed by atoms with Crippen LogP contribution >= 0.6 is 11.8 Å². The maximum absolute atomic E-state index is 6.08. The summed E-state index contributed by atoms with van der Waals surface area (Å²) in [6.45, 7) is 2.87. The fourth-order valence-corrected chi connectivity index (χ4v) is 2.55. The minimum Gasteiger partial charge on any atom is -0.493 e. The number of hydrogen-bond donors (Lipinski definition) is 1. The lowest BCUT2D eigenvalue weighted by atomic mass is 9.97. The Kier molecular flexibility index (Phi) is 2.70. The molecule has 0 spiro atoms. The van der Waals surface area contributed by atoms with Crippen LogP contribution in [0.25, 0.3) is 0 Å². The molecule has 1 aromatic rings. The third-order valence-electron chi connectivity index (χ3n) is 2.70. The van der Waals surface area contributed by atoms with Gasteiger partial charge in [0.15, 0.2) is 0 Å². The van der Waals surface area contributed by atoms with Crippen LogP contribution < -0.4 is 10.5 Å². The Bertz CT molecular complexity index is 351. The van der Waals surface area contributed by atoms with Crippen molar-refractivity contribution in [1.82, 2.24) is 0 Å². The van der Waals surface area contributed by atoms with Crippen LogP contribution in [0.5, 0.6) is 5.75 Å². The molecule has 2 nitrogen and oxygen atoms in total. The van der Waals surface area contributed by atoms with Gasteiger partial charge < -0.3 is 10.5 Å². The summed E-state index contributed by atoms with van der Waals surface area (Å²) in [5.74, 6) is 0.971. The van der Waals surface area contributed by atoms with Crippen LogP contribution in [-0.2, 0) is 0 Å². The van der Waals surface area contributed by atoms with Crippen molar-refractivity contribution in [2.75, 3.05) is 12.9 Å². The summed E-state index contributed by atoms with van der Waals surface area (Å²) < 4.78 is 5.58. The molecular weight excluding hydrogens is 194 g/mol. The molecule has 0 bridgehead atoms. The molecule has 0 saturated carbocycles. The summed E-state index contributed by atoms with van der Waals surface area (Å²) in [4.78, 5) is 1.30. The first-order chi connectivity index (χ1) is 6.74. The predicted molar refractivity (Wildman–Crippen MR) is 60.0 cm³/mol. The highest BCUT2D eigenvalue weighted by Gasteiger charge is 2.21. The van der Waals surface area contributed by atoms with Crippen molar-refractivity contribution in [3.63, 3.8) is 0 Å². The van der Waals surface area contributed by atoms with Gasteiger partial charge in [-0.1, -0.05) is 0 Å². The highest BCUT2D eigenvalue weighted by Crippen LogP contribution is 2.37. The van der Waals surface area contributed by atoms with E-state index in [4.69, 9.17) is 10.5 Å². The number of benzene rings is 1. The number of nitrogens with two attached hydrogens (primary N) is 1. The molecule has 0 aromatic heterocycles. The van der Waals surface area contributed by atoms with Crippen LogP contribution in [0.15, 0.2) is 17.0 Å². The van der Waals surface area contributed by atoms with Gasteiger partial charge in [0.2, 0.25) is 0 Å². The largest absolute Gasteiger partial charge is 0.493 e. The molecule has 1 aliphatic rings. The molecule has 2 N–H and O–H groups in total. The van der Waals surface area contributed by atoms with Gasteiger partial charge in [-0.05, 0) is 30.9 Å². The van der Waals surface area contributed by atoms with Crippen molar-refractivity contribution >= 4 is 11.8 Å². The second kappa shape index (κ2) is 3.83. The van der Waals surface area contributed by atoms with Crippen LogP contribution in [0.3, 0.4) is 0 Å². The van der Waals surface area contributed by atoms with Gasteiger partial charge in [-0.15, -0.1) is 11.8 Å². The van der Waals surface area contributed by atoms with E-state index in [1.54, 1.807) is 11.8 Å².